The number of amides is 1. The summed E-state index contributed by atoms with van der Waals surface area (Å²) in [4.78, 5) is 22.3. The zero-order chi connectivity index (χ0) is 13.0. The number of hydrogen-bond acceptors (Lipinski definition) is 3. The van der Waals surface area contributed by atoms with Gasteiger partial charge in [0.15, 0.2) is 0 Å². The Balaban J connectivity index is 3.12. The van der Waals surface area contributed by atoms with Crippen LogP contribution in [0.4, 0.5) is 10.5 Å². The predicted octanol–water partition coefficient (Wildman–Crippen LogP) is 2.92. The normalized spacial score (nSPS) is 9.82. The molecule has 0 unspecified atom stereocenters. The number of carboxylic acid groups (broad SMARTS) is 1. The molecule has 0 heterocycles. The lowest BCUT2D eigenvalue weighted by Gasteiger charge is -2.11. The summed E-state index contributed by atoms with van der Waals surface area (Å²) in [5.41, 5.74) is 0.686. The van der Waals surface area contributed by atoms with Crippen LogP contribution in [0.5, 0.6) is 0 Å². The maximum absolute atomic E-state index is 11.3. The number of benzene rings is 1. The molecule has 6 heteroatoms. The van der Waals surface area contributed by atoms with Gasteiger partial charge < -0.3 is 9.84 Å². The number of carbonyl (C=O) groups excluding carboxylic acids is 1. The maximum atomic E-state index is 11.3. The van der Waals surface area contributed by atoms with Crippen LogP contribution < -0.4 is 5.32 Å². The molecule has 0 aliphatic heterocycles. The van der Waals surface area contributed by atoms with Gasteiger partial charge in [0.25, 0.3) is 0 Å². The SMILES string of the molecule is CCOC(=O)Nc1c(C)cc(Cl)cc1C(=O)O. The summed E-state index contributed by atoms with van der Waals surface area (Å²) in [6.45, 7) is 3.52. The molecule has 0 spiro atoms. The van der Waals surface area contributed by atoms with E-state index in [9.17, 15) is 9.59 Å². The Kier molecular flexibility index (Phi) is 4.34. The highest BCUT2D eigenvalue weighted by Gasteiger charge is 2.16. The number of halogens is 1. The lowest BCUT2D eigenvalue weighted by molar-refractivity contribution is 0.0698. The molecule has 0 saturated heterocycles. The fraction of sp³-hybridized carbons (Fsp3) is 0.273. The first kappa shape index (κ1) is 13.3. The van der Waals surface area contributed by atoms with E-state index in [0.29, 0.717) is 10.6 Å². The topological polar surface area (TPSA) is 75.6 Å². The Morgan fingerprint density at radius 1 is 1.47 bits per heavy atom. The van der Waals surface area contributed by atoms with Crippen molar-refractivity contribution in [3.05, 3.63) is 28.3 Å². The molecule has 1 aromatic carbocycles. The minimum Gasteiger partial charge on any atom is -0.478 e. The van der Waals surface area contributed by atoms with Crippen LogP contribution in [0.15, 0.2) is 12.1 Å². The highest BCUT2D eigenvalue weighted by molar-refractivity contribution is 6.31. The lowest BCUT2D eigenvalue weighted by Crippen LogP contribution is -2.17. The molecule has 5 nitrogen and oxygen atoms in total. The van der Waals surface area contributed by atoms with E-state index in [-0.39, 0.29) is 17.9 Å². The standard InChI is InChI=1S/C11H12ClNO4/c1-3-17-11(16)13-9-6(2)4-7(12)5-8(9)10(14)15/h4-5H,3H2,1-2H3,(H,13,16)(H,14,15). The molecule has 0 radical (unpaired) electrons. The van der Waals surface area contributed by atoms with Crippen LogP contribution in [0.2, 0.25) is 5.02 Å². The van der Waals surface area contributed by atoms with Crippen molar-refractivity contribution >= 4 is 29.4 Å². The van der Waals surface area contributed by atoms with Crippen LogP contribution in [0.1, 0.15) is 22.8 Å². The van der Waals surface area contributed by atoms with Crippen molar-refractivity contribution in [2.24, 2.45) is 0 Å². The van der Waals surface area contributed by atoms with E-state index in [4.69, 9.17) is 16.7 Å². The average Bonchev–Trinajstić information content (AvgIpc) is 2.21. The number of aromatic carboxylic acids is 1. The van der Waals surface area contributed by atoms with Crippen LogP contribution in [0.25, 0.3) is 0 Å². The minimum absolute atomic E-state index is 0.0666. The summed E-state index contributed by atoms with van der Waals surface area (Å²) in [5.74, 6) is -1.16. The minimum atomic E-state index is -1.16. The van der Waals surface area contributed by atoms with Gasteiger partial charge in [-0.15, -0.1) is 0 Å². The second-order valence-corrected chi connectivity index (χ2v) is 3.73. The van der Waals surface area contributed by atoms with Crippen LogP contribution in [0.3, 0.4) is 0 Å². The van der Waals surface area contributed by atoms with Crippen molar-refractivity contribution in [1.29, 1.82) is 0 Å². The number of rotatable bonds is 3. The molecule has 0 saturated carbocycles. The first-order valence-electron chi connectivity index (χ1n) is 4.93. The Hall–Kier alpha value is -1.75. The van der Waals surface area contributed by atoms with Crippen molar-refractivity contribution in [2.75, 3.05) is 11.9 Å². The van der Waals surface area contributed by atoms with E-state index in [1.165, 1.54) is 6.07 Å². The van der Waals surface area contributed by atoms with E-state index < -0.39 is 12.1 Å². The van der Waals surface area contributed by atoms with Crippen LogP contribution in [-0.4, -0.2) is 23.8 Å². The Morgan fingerprint density at radius 2 is 2.12 bits per heavy atom. The Bertz CT molecular complexity index is 459. The largest absolute Gasteiger partial charge is 0.478 e. The number of anilines is 1. The molecule has 1 amide bonds. The summed E-state index contributed by atoms with van der Waals surface area (Å²) in [5, 5.41) is 11.7. The van der Waals surface area contributed by atoms with E-state index in [0.717, 1.165) is 0 Å². The molecule has 0 aliphatic rings. The second-order valence-electron chi connectivity index (χ2n) is 3.30. The molecule has 1 aromatic rings. The fourth-order valence-corrected chi connectivity index (χ4v) is 1.62. The molecular formula is C11H12ClNO4. The second kappa shape index (κ2) is 5.54. The van der Waals surface area contributed by atoms with Crippen LogP contribution in [0, 0.1) is 6.92 Å². The Morgan fingerprint density at radius 3 is 2.65 bits per heavy atom. The third-order valence-corrected chi connectivity index (χ3v) is 2.25. The maximum Gasteiger partial charge on any atom is 0.411 e. The fourth-order valence-electron chi connectivity index (χ4n) is 1.35. The van der Waals surface area contributed by atoms with E-state index >= 15 is 0 Å². The lowest BCUT2D eigenvalue weighted by atomic mass is 10.1. The number of carboxylic acids is 1. The molecule has 0 fully saturated rings. The summed E-state index contributed by atoms with van der Waals surface area (Å²) >= 11 is 5.76. The van der Waals surface area contributed by atoms with E-state index in [2.05, 4.69) is 10.1 Å². The van der Waals surface area contributed by atoms with Crippen LogP contribution >= 0.6 is 11.6 Å². The van der Waals surface area contributed by atoms with Gasteiger partial charge in [-0.05, 0) is 31.5 Å². The number of hydrogen-bond donors (Lipinski definition) is 2. The molecular weight excluding hydrogens is 246 g/mol. The quantitative estimate of drug-likeness (QED) is 0.873. The van der Waals surface area contributed by atoms with Gasteiger partial charge >= 0.3 is 12.1 Å². The van der Waals surface area contributed by atoms with Gasteiger partial charge in [0.1, 0.15) is 0 Å². The Labute approximate surface area is 103 Å². The van der Waals surface area contributed by atoms with Gasteiger partial charge in [0.2, 0.25) is 0 Å². The van der Waals surface area contributed by atoms with Crippen molar-refractivity contribution in [3.8, 4) is 0 Å². The molecule has 0 bridgehead atoms. The van der Waals surface area contributed by atoms with Crippen LogP contribution in [-0.2, 0) is 4.74 Å². The van der Waals surface area contributed by atoms with Gasteiger partial charge in [0.05, 0.1) is 17.9 Å². The molecule has 0 aromatic heterocycles. The molecule has 1 rings (SSSR count). The zero-order valence-corrected chi connectivity index (χ0v) is 10.2. The van der Waals surface area contributed by atoms with Crippen molar-refractivity contribution in [1.82, 2.24) is 0 Å². The molecule has 0 atom stereocenters. The van der Waals surface area contributed by atoms with Gasteiger partial charge in [-0.2, -0.15) is 0 Å². The summed E-state index contributed by atoms with van der Waals surface area (Å²) in [7, 11) is 0. The third kappa shape index (κ3) is 3.35. The van der Waals surface area contributed by atoms with Gasteiger partial charge in [0, 0.05) is 5.02 Å². The van der Waals surface area contributed by atoms with Crippen molar-refractivity contribution < 1.29 is 19.4 Å². The van der Waals surface area contributed by atoms with E-state index in [1.54, 1.807) is 19.9 Å². The average molecular weight is 258 g/mol. The summed E-state index contributed by atoms with van der Waals surface area (Å²) in [6, 6.07) is 2.84. The smallest absolute Gasteiger partial charge is 0.411 e. The molecule has 2 N–H and O–H groups in total. The number of aryl methyl sites for hydroxylation is 1. The predicted molar refractivity (Wildman–Crippen MR) is 63.8 cm³/mol. The molecule has 17 heavy (non-hydrogen) atoms. The van der Waals surface area contributed by atoms with Gasteiger partial charge in [-0.25, -0.2) is 9.59 Å². The highest BCUT2D eigenvalue weighted by atomic mass is 35.5. The van der Waals surface area contributed by atoms with E-state index in [1.807, 2.05) is 0 Å². The summed E-state index contributed by atoms with van der Waals surface area (Å²) in [6.07, 6.45) is -0.694. The first-order chi connectivity index (χ1) is 7.95. The van der Waals surface area contributed by atoms with Gasteiger partial charge in [-0.3, -0.25) is 5.32 Å². The number of ether oxygens (including phenoxy) is 1. The van der Waals surface area contributed by atoms with Crippen molar-refractivity contribution in [3.63, 3.8) is 0 Å². The molecule has 92 valence electrons. The summed E-state index contributed by atoms with van der Waals surface area (Å²) < 4.78 is 4.69. The van der Waals surface area contributed by atoms with Gasteiger partial charge in [-0.1, -0.05) is 11.6 Å². The third-order valence-electron chi connectivity index (χ3n) is 2.03. The van der Waals surface area contributed by atoms with Crippen molar-refractivity contribution in [2.45, 2.75) is 13.8 Å². The zero-order valence-electron chi connectivity index (χ0n) is 9.41. The highest BCUT2D eigenvalue weighted by Crippen LogP contribution is 2.25. The number of carbonyl (C=O) groups is 2. The monoisotopic (exact) mass is 257 g/mol. The molecule has 0 aliphatic carbocycles. The first-order valence-corrected chi connectivity index (χ1v) is 5.30. The number of nitrogens with one attached hydrogen (secondary N) is 1.